The molecule has 32 heavy (non-hydrogen) atoms. The molecule has 5 heterocycles. The first-order chi connectivity index (χ1) is 15.6. The van der Waals surface area contributed by atoms with Crippen LogP contribution < -0.4 is 15.4 Å². The van der Waals surface area contributed by atoms with E-state index in [0.717, 1.165) is 30.0 Å². The fraction of sp³-hybridized carbons (Fsp3) is 0.261. The van der Waals surface area contributed by atoms with Crippen LogP contribution in [0, 0.1) is 5.95 Å². The number of benzene rings is 1. The Hall–Kier alpha value is -3.17. The zero-order valence-corrected chi connectivity index (χ0v) is 17.9. The van der Waals surface area contributed by atoms with E-state index >= 15 is 0 Å². The zero-order chi connectivity index (χ0) is 21.7. The molecule has 3 aliphatic heterocycles. The standard InChI is InChI=1S/C23H20FN5O2S/c24-21-15(2-1-5-26-21)14-3-4-18-16(10-14)23(13-32-22(25)28-23)17-11-20(27-12-19(17)31-18)29-6-8-30-9-7-29/h1-5,10-12H,6-9,13H2,(H2,25,28)/t23-/m0/s1. The number of morpholine rings is 1. The molecule has 0 amide bonds. The van der Waals surface area contributed by atoms with Crippen LogP contribution in [0.4, 0.5) is 10.2 Å². The highest BCUT2D eigenvalue weighted by atomic mass is 32.2. The van der Waals surface area contributed by atoms with Crippen LogP contribution >= 0.6 is 11.8 Å². The van der Waals surface area contributed by atoms with E-state index in [2.05, 4.69) is 14.9 Å². The fourth-order valence-corrected chi connectivity index (χ4v) is 5.44. The molecule has 0 saturated carbocycles. The molecule has 3 aromatic rings. The molecule has 0 unspecified atom stereocenters. The van der Waals surface area contributed by atoms with Crippen LogP contribution in [0.25, 0.3) is 11.1 Å². The molecule has 9 heteroatoms. The Morgan fingerprint density at radius 3 is 2.69 bits per heavy atom. The summed E-state index contributed by atoms with van der Waals surface area (Å²) < 4.78 is 26.1. The third kappa shape index (κ3) is 3.03. The Kier molecular flexibility index (Phi) is 4.55. The van der Waals surface area contributed by atoms with Crippen molar-refractivity contribution in [2.45, 2.75) is 5.54 Å². The van der Waals surface area contributed by atoms with E-state index in [9.17, 15) is 4.39 Å². The lowest BCUT2D eigenvalue weighted by atomic mass is 9.81. The first-order valence-electron chi connectivity index (χ1n) is 10.4. The summed E-state index contributed by atoms with van der Waals surface area (Å²) in [5.41, 5.74) is 8.37. The number of thioether (sulfide) groups is 1. The summed E-state index contributed by atoms with van der Waals surface area (Å²) >= 11 is 1.51. The molecule has 2 N–H and O–H groups in total. The van der Waals surface area contributed by atoms with Crippen molar-refractivity contribution < 1.29 is 13.9 Å². The number of hydrogen-bond donors (Lipinski definition) is 1. The van der Waals surface area contributed by atoms with E-state index in [1.165, 1.54) is 18.0 Å². The minimum absolute atomic E-state index is 0.433. The van der Waals surface area contributed by atoms with E-state index in [0.29, 0.717) is 46.8 Å². The van der Waals surface area contributed by atoms with Crippen molar-refractivity contribution in [2.75, 3.05) is 37.0 Å². The van der Waals surface area contributed by atoms with Gasteiger partial charge in [-0.2, -0.15) is 4.39 Å². The van der Waals surface area contributed by atoms with Crippen molar-refractivity contribution in [2.24, 2.45) is 10.7 Å². The molecule has 0 aliphatic carbocycles. The summed E-state index contributed by atoms with van der Waals surface area (Å²) in [5, 5.41) is 0.520. The molecule has 6 rings (SSSR count). The predicted octanol–water partition coefficient (Wildman–Crippen LogP) is 3.53. The quantitative estimate of drug-likeness (QED) is 0.599. The highest BCUT2D eigenvalue weighted by Crippen LogP contribution is 2.54. The number of nitrogens with zero attached hydrogens (tertiary/aromatic N) is 4. The van der Waals surface area contributed by atoms with Crippen LogP contribution in [0.15, 0.2) is 53.8 Å². The highest BCUT2D eigenvalue weighted by Gasteiger charge is 2.46. The van der Waals surface area contributed by atoms with Gasteiger partial charge in [-0.1, -0.05) is 17.8 Å². The smallest absolute Gasteiger partial charge is 0.220 e. The van der Waals surface area contributed by atoms with Gasteiger partial charge in [-0.05, 0) is 35.9 Å². The van der Waals surface area contributed by atoms with Crippen molar-refractivity contribution in [1.82, 2.24) is 9.97 Å². The van der Waals surface area contributed by atoms with Gasteiger partial charge < -0.3 is 20.1 Å². The Balaban J connectivity index is 1.51. The monoisotopic (exact) mass is 449 g/mol. The van der Waals surface area contributed by atoms with Crippen molar-refractivity contribution in [3.05, 3.63) is 65.9 Å². The van der Waals surface area contributed by atoms with Gasteiger partial charge in [0.2, 0.25) is 5.95 Å². The summed E-state index contributed by atoms with van der Waals surface area (Å²) in [6.45, 7) is 2.90. The minimum atomic E-state index is -0.726. The molecule has 0 bridgehead atoms. The van der Waals surface area contributed by atoms with Gasteiger partial charge in [-0.3, -0.25) is 0 Å². The van der Waals surface area contributed by atoms with E-state index in [-0.39, 0.29) is 0 Å². The van der Waals surface area contributed by atoms with Crippen molar-refractivity contribution in [1.29, 1.82) is 0 Å². The van der Waals surface area contributed by atoms with Gasteiger partial charge in [0.1, 0.15) is 17.1 Å². The number of aromatic nitrogens is 2. The second kappa shape index (κ2) is 7.46. The van der Waals surface area contributed by atoms with E-state index in [1.807, 2.05) is 24.3 Å². The average molecular weight is 450 g/mol. The molecule has 2 aromatic heterocycles. The predicted molar refractivity (Wildman–Crippen MR) is 122 cm³/mol. The first kappa shape index (κ1) is 19.5. The van der Waals surface area contributed by atoms with Crippen molar-refractivity contribution >= 4 is 22.7 Å². The van der Waals surface area contributed by atoms with Crippen LogP contribution in [-0.4, -0.2) is 47.2 Å². The minimum Gasteiger partial charge on any atom is -0.455 e. The summed E-state index contributed by atoms with van der Waals surface area (Å²) in [4.78, 5) is 15.5. The second-order valence-corrected chi connectivity index (χ2v) is 8.89. The molecule has 1 spiro atoms. The van der Waals surface area contributed by atoms with Crippen LogP contribution in [0.1, 0.15) is 11.1 Å². The molecule has 1 atom stereocenters. The van der Waals surface area contributed by atoms with Crippen molar-refractivity contribution in [3.63, 3.8) is 0 Å². The third-order valence-electron chi connectivity index (χ3n) is 6.08. The Bertz CT molecular complexity index is 1250. The van der Waals surface area contributed by atoms with E-state index < -0.39 is 11.5 Å². The number of pyridine rings is 2. The Morgan fingerprint density at radius 2 is 1.91 bits per heavy atom. The summed E-state index contributed by atoms with van der Waals surface area (Å²) in [6, 6.07) is 11.1. The van der Waals surface area contributed by atoms with E-state index in [1.54, 1.807) is 18.3 Å². The lowest BCUT2D eigenvalue weighted by Crippen LogP contribution is -2.37. The lowest BCUT2D eigenvalue weighted by molar-refractivity contribution is 0.122. The molecule has 7 nitrogen and oxygen atoms in total. The van der Waals surface area contributed by atoms with E-state index in [4.69, 9.17) is 20.2 Å². The maximum Gasteiger partial charge on any atom is 0.220 e. The molecule has 0 radical (unpaired) electrons. The van der Waals surface area contributed by atoms with Gasteiger partial charge in [0, 0.05) is 41.7 Å². The third-order valence-corrected chi connectivity index (χ3v) is 7.03. The van der Waals surface area contributed by atoms with Crippen molar-refractivity contribution in [3.8, 4) is 22.6 Å². The normalized spacial score (nSPS) is 21.7. The number of rotatable bonds is 2. The number of amidine groups is 1. The molecule has 162 valence electrons. The maximum atomic E-state index is 14.4. The largest absolute Gasteiger partial charge is 0.455 e. The van der Waals surface area contributed by atoms with Crippen LogP contribution in [-0.2, 0) is 10.3 Å². The molecule has 1 saturated heterocycles. The zero-order valence-electron chi connectivity index (χ0n) is 17.1. The van der Waals surface area contributed by atoms with Gasteiger partial charge in [0.15, 0.2) is 10.9 Å². The topological polar surface area (TPSA) is 85.9 Å². The number of nitrogens with two attached hydrogens (primary N) is 1. The number of aliphatic imine (C=N–C) groups is 1. The number of anilines is 1. The fourth-order valence-electron chi connectivity index (χ4n) is 4.48. The Labute approximate surface area is 188 Å². The number of ether oxygens (including phenoxy) is 2. The van der Waals surface area contributed by atoms with Gasteiger partial charge in [-0.25, -0.2) is 15.0 Å². The van der Waals surface area contributed by atoms with Crippen LogP contribution in [0.2, 0.25) is 0 Å². The lowest BCUT2D eigenvalue weighted by Gasteiger charge is -2.36. The molecule has 1 fully saturated rings. The number of fused-ring (bicyclic) bond motifs is 4. The van der Waals surface area contributed by atoms with Gasteiger partial charge >= 0.3 is 0 Å². The summed E-state index contributed by atoms with van der Waals surface area (Å²) in [7, 11) is 0. The van der Waals surface area contributed by atoms with Crippen LogP contribution in [0.5, 0.6) is 11.5 Å². The molecular weight excluding hydrogens is 429 g/mol. The first-order valence-corrected chi connectivity index (χ1v) is 11.4. The average Bonchev–Trinajstić information content (AvgIpc) is 3.22. The number of halogens is 1. The molecule has 3 aliphatic rings. The van der Waals surface area contributed by atoms with Gasteiger partial charge in [0.05, 0.1) is 19.4 Å². The SMILES string of the molecule is NC1=N[C@@]2(CS1)c1cc(-c3cccnc3F)ccc1Oc1cnc(N3CCOCC3)cc12. The Morgan fingerprint density at radius 1 is 1.06 bits per heavy atom. The maximum absolute atomic E-state index is 14.4. The number of hydrogen-bond acceptors (Lipinski definition) is 8. The highest BCUT2D eigenvalue weighted by molar-refractivity contribution is 8.14. The molecular formula is C23H20FN5O2S. The van der Waals surface area contributed by atoms with Crippen LogP contribution in [0.3, 0.4) is 0 Å². The second-order valence-electron chi connectivity index (χ2n) is 7.89. The van der Waals surface area contributed by atoms with Gasteiger partial charge in [0.25, 0.3) is 0 Å². The molecule has 1 aromatic carbocycles. The summed E-state index contributed by atoms with van der Waals surface area (Å²) in [6.07, 6.45) is 3.20. The van der Waals surface area contributed by atoms with Gasteiger partial charge in [-0.15, -0.1) is 0 Å². The summed E-state index contributed by atoms with van der Waals surface area (Å²) in [5.74, 6) is 2.31.